The van der Waals surface area contributed by atoms with Gasteiger partial charge >= 0.3 is 6.03 Å². The number of ether oxygens (including phenoxy) is 1. The maximum Gasteiger partial charge on any atom is 0.322 e. The minimum Gasteiger partial charge on any atom is -0.372 e. The molecule has 0 aromatic heterocycles. The number of hydrogen-bond acceptors (Lipinski definition) is 5. The van der Waals surface area contributed by atoms with E-state index in [0.717, 1.165) is 32.5 Å². The minimum atomic E-state index is -0.585. The number of nitrogens with one attached hydrogen (secondary N) is 2. The van der Waals surface area contributed by atoms with Crippen LogP contribution in [0.3, 0.4) is 0 Å². The number of amides is 4. The molecule has 0 aromatic carbocycles. The number of likely N-dealkylation sites (N-methyl/N-ethyl adjacent to an activating group) is 1. The highest BCUT2D eigenvalue weighted by molar-refractivity contribution is 6.04. The number of likely N-dealkylation sites (tertiary alicyclic amines) is 1. The molecule has 0 aliphatic carbocycles. The van der Waals surface area contributed by atoms with Crippen molar-refractivity contribution < 1.29 is 19.1 Å². The molecule has 3 heterocycles. The van der Waals surface area contributed by atoms with Crippen LogP contribution < -0.4 is 10.6 Å². The normalized spacial score (nSPS) is 27.9. The first-order chi connectivity index (χ1) is 11.0. The van der Waals surface area contributed by atoms with Crippen LogP contribution in [0.5, 0.6) is 0 Å². The molecule has 2 N–H and O–H groups in total. The van der Waals surface area contributed by atoms with Crippen LogP contribution in [-0.4, -0.2) is 79.1 Å². The molecule has 23 heavy (non-hydrogen) atoms. The second-order valence-electron chi connectivity index (χ2n) is 6.70. The summed E-state index contributed by atoms with van der Waals surface area (Å²) in [4.78, 5) is 39.0. The molecule has 128 valence electrons. The molecule has 0 bridgehead atoms. The lowest BCUT2D eigenvalue weighted by molar-refractivity contribution is -0.148. The summed E-state index contributed by atoms with van der Waals surface area (Å²) >= 11 is 0. The van der Waals surface area contributed by atoms with Crippen LogP contribution >= 0.6 is 0 Å². The number of nitrogens with zero attached hydrogens (tertiary/aromatic N) is 2. The zero-order valence-electron chi connectivity index (χ0n) is 13.5. The Morgan fingerprint density at radius 2 is 2.04 bits per heavy atom. The standard InChI is InChI=1S/C15H24N4O4/c1-18-8-9-23-15(10-18)4-6-19(7-5-15)12(20)3-2-11-13(21)17-14(22)16-11/h11H,2-10H2,1H3,(H2,16,17,21,22)/t11-/m0/s1. The molecule has 0 saturated carbocycles. The van der Waals surface area contributed by atoms with E-state index in [0.29, 0.717) is 19.5 Å². The van der Waals surface area contributed by atoms with E-state index in [9.17, 15) is 14.4 Å². The Kier molecular flexibility index (Phi) is 4.54. The first kappa shape index (κ1) is 16.2. The van der Waals surface area contributed by atoms with Gasteiger partial charge in [-0.15, -0.1) is 0 Å². The molecule has 4 amide bonds. The minimum absolute atomic E-state index is 0.0398. The summed E-state index contributed by atoms with van der Waals surface area (Å²) in [7, 11) is 2.10. The lowest BCUT2D eigenvalue weighted by Crippen LogP contribution is -2.56. The van der Waals surface area contributed by atoms with Crippen molar-refractivity contribution in [3.8, 4) is 0 Å². The third-order valence-electron chi connectivity index (χ3n) is 4.97. The molecule has 3 rings (SSSR count). The molecule has 1 spiro atoms. The van der Waals surface area contributed by atoms with Crippen molar-refractivity contribution in [1.29, 1.82) is 0 Å². The smallest absolute Gasteiger partial charge is 0.322 e. The van der Waals surface area contributed by atoms with Gasteiger partial charge in [0, 0.05) is 32.6 Å². The van der Waals surface area contributed by atoms with Gasteiger partial charge < -0.3 is 19.9 Å². The Morgan fingerprint density at radius 3 is 2.65 bits per heavy atom. The second-order valence-corrected chi connectivity index (χ2v) is 6.70. The average molecular weight is 324 g/mol. The average Bonchev–Trinajstić information content (AvgIpc) is 2.83. The highest BCUT2D eigenvalue weighted by atomic mass is 16.5. The zero-order chi connectivity index (χ0) is 16.4. The number of rotatable bonds is 3. The van der Waals surface area contributed by atoms with E-state index >= 15 is 0 Å². The number of piperidine rings is 1. The number of urea groups is 1. The fourth-order valence-electron chi connectivity index (χ4n) is 3.59. The Labute approximate surface area is 135 Å². The number of morpholine rings is 1. The van der Waals surface area contributed by atoms with E-state index in [2.05, 4.69) is 22.6 Å². The molecule has 1 atom stereocenters. The number of carbonyl (C=O) groups is 3. The summed E-state index contributed by atoms with van der Waals surface area (Å²) < 4.78 is 5.99. The zero-order valence-corrected chi connectivity index (χ0v) is 13.5. The molecule has 3 fully saturated rings. The van der Waals surface area contributed by atoms with Crippen LogP contribution in [0.15, 0.2) is 0 Å². The molecular weight excluding hydrogens is 300 g/mol. The van der Waals surface area contributed by atoms with Crippen LogP contribution in [0.2, 0.25) is 0 Å². The Hall–Kier alpha value is -1.67. The Balaban J connectivity index is 1.45. The molecule has 0 radical (unpaired) electrons. The van der Waals surface area contributed by atoms with Crippen LogP contribution in [0, 0.1) is 0 Å². The van der Waals surface area contributed by atoms with Crippen molar-refractivity contribution in [2.45, 2.75) is 37.3 Å². The van der Waals surface area contributed by atoms with Crippen LogP contribution in [0.4, 0.5) is 4.79 Å². The number of imide groups is 1. The van der Waals surface area contributed by atoms with E-state index in [-0.39, 0.29) is 23.8 Å². The molecule has 0 aromatic rings. The fourth-order valence-corrected chi connectivity index (χ4v) is 3.59. The van der Waals surface area contributed by atoms with Crippen molar-refractivity contribution in [2.75, 3.05) is 39.8 Å². The molecule has 0 unspecified atom stereocenters. The second kappa shape index (κ2) is 6.45. The lowest BCUT2D eigenvalue weighted by Gasteiger charge is -2.46. The molecule has 8 heteroatoms. The van der Waals surface area contributed by atoms with E-state index in [1.54, 1.807) is 0 Å². The van der Waals surface area contributed by atoms with E-state index in [4.69, 9.17) is 4.74 Å². The predicted octanol–water partition coefficient (Wildman–Crippen LogP) is -0.702. The van der Waals surface area contributed by atoms with Gasteiger partial charge in [-0.05, 0) is 26.3 Å². The van der Waals surface area contributed by atoms with E-state index in [1.807, 2.05) is 4.90 Å². The molecule has 3 aliphatic rings. The van der Waals surface area contributed by atoms with E-state index in [1.165, 1.54) is 0 Å². The third kappa shape index (κ3) is 3.64. The van der Waals surface area contributed by atoms with Gasteiger partial charge in [0.15, 0.2) is 0 Å². The van der Waals surface area contributed by atoms with Gasteiger partial charge in [0.2, 0.25) is 5.91 Å². The third-order valence-corrected chi connectivity index (χ3v) is 4.97. The summed E-state index contributed by atoms with van der Waals surface area (Å²) in [5, 5.41) is 4.70. The monoisotopic (exact) mass is 324 g/mol. The topological polar surface area (TPSA) is 91.0 Å². The SMILES string of the molecule is CN1CCOC2(CCN(C(=O)CC[C@@H]3NC(=O)NC3=O)CC2)C1. The highest BCUT2D eigenvalue weighted by Crippen LogP contribution is 2.30. The van der Waals surface area contributed by atoms with Gasteiger partial charge in [0.1, 0.15) is 6.04 Å². The molecular formula is C15H24N4O4. The maximum absolute atomic E-state index is 12.3. The maximum atomic E-state index is 12.3. The summed E-state index contributed by atoms with van der Waals surface area (Å²) in [5.74, 6) is -0.308. The predicted molar refractivity (Wildman–Crippen MR) is 81.7 cm³/mol. The Bertz CT molecular complexity index is 502. The van der Waals surface area contributed by atoms with Crippen molar-refractivity contribution in [1.82, 2.24) is 20.4 Å². The van der Waals surface area contributed by atoms with Gasteiger partial charge in [0.05, 0.1) is 12.2 Å². The first-order valence-corrected chi connectivity index (χ1v) is 8.19. The van der Waals surface area contributed by atoms with Crippen LogP contribution in [0.25, 0.3) is 0 Å². The Morgan fingerprint density at radius 1 is 1.30 bits per heavy atom. The van der Waals surface area contributed by atoms with Crippen molar-refractivity contribution >= 4 is 17.8 Å². The summed E-state index contributed by atoms with van der Waals surface area (Å²) in [6.07, 6.45) is 2.32. The van der Waals surface area contributed by atoms with Gasteiger partial charge in [-0.3, -0.25) is 14.9 Å². The van der Waals surface area contributed by atoms with Gasteiger partial charge in [-0.2, -0.15) is 0 Å². The molecule has 3 aliphatic heterocycles. The summed E-state index contributed by atoms with van der Waals surface area (Å²) in [5.41, 5.74) is -0.108. The van der Waals surface area contributed by atoms with Gasteiger partial charge in [0.25, 0.3) is 5.91 Å². The summed E-state index contributed by atoms with van der Waals surface area (Å²) in [6, 6.07) is -1.07. The van der Waals surface area contributed by atoms with Crippen molar-refractivity contribution in [3.05, 3.63) is 0 Å². The first-order valence-electron chi connectivity index (χ1n) is 8.19. The fraction of sp³-hybridized carbons (Fsp3) is 0.800. The lowest BCUT2D eigenvalue weighted by atomic mass is 9.89. The highest BCUT2D eigenvalue weighted by Gasteiger charge is 2.40. The van der Waals surface area contributed by atoms with Gasteiger partial charge in [-0.1, -0.05) is 0 Å². The molecule has 3 saturated heterocycles. The van der Waals surface area contributed by atoms with Crippen LogP contribution in [-0.2, 0) is 14.3 Å². The van der Waals surface area contributed by atoms with Crippen molar-refractivity contribution in [3.63, 3.8) is 0 Å². The number of carbonyl (C=O) groups excluding carboxylic acids is 3. The van der Waals surface area contributed by atoms with Crippen molar-refractivity contribution in [2.24, 2.45) is 0 Å². The summed E-state index contributed by atoms with van der Waals surface area (Å²) in [6.45, 7) is 4.01. The van der Waals surface area contributed by atoms with Crippen LogP contribution in [0.1, 0.15) is 25.7 Å². The largest absolute Gasteiger partial charge is 0.372 e. The quantitative estimate of drug-likeness (QED) is 0.670. The van der Waals surface area contributed by atoms with E-state index < -0.39 is 12.1 Å². The van der Waals surface area contributed by atoms with Gasteiger partial charge in [-0.25, -0.2) is 4.79 Å². The number of hydrogen-bond donors (Lipinski definition) is 2. The molecule has 8 nitrogen and oxygen atoms in total.